The molecule has 0 spiro atoms. The van der Waals surface area contributed by atoms with Gasteiger partial charge in [-0.2, -0.15) is 0 Å². The minimum absolute atomic E-state index is 0.000375. The number of ether oxygens (including phenoxy) is 1. The first-order valence-corrected chi connectivity index (χ1v) is 9.05. The van der Waals surface area contributed by atoms with Gasteiger partial charge in [0.25, 0.3) is 0 Å². The highest BCUT2D eigenvalue weighted by molar-refractivity contribution is 6.04. The van der Waals surface area contributed by atoms with E-state index in [0.29, 0.717) is 32.8 Å². The maximum atomic E-state index is 12.3. The summed E-state index contributed by atoms with van der Waals surface area (Å²) in [6, 6.07) is 9.63. The van der Waals surface area contributed by atoms with Crippen molar-refractivity contribution >= 4 is 23.6 Å². The smallest absolute Gasteiger partial charge is 0.248 e. The summed E-state index contributed by atoms with van der Waals surface area (Å²) in [6.07, 6.45) is 0.356. The number of piperazine rings is 1. The van der Waals surface area contributed by atoms with Gasteiger partial charge in [0, 0.05) is 39.0 Å². The molecule has 0 aromatic heterocycles. The molecule has 8 nitrogen and oxygen atoms in total. The van der Waals surface area contributed by atoms with E-state index >= 15 is 0 Å². The van der Waals surface area contributed by atoms with E-state index < -0.39 is 0 Å². The number of hydrogen-bond acceptors (Lipinski definition) is 5. The lowest BCUT2D eigenvalue weighted by Gasteiger charge is -2.35. The lowest BCUT2D eigenvalue weighted by molar-refractivity contribution is -0.147. The van der Waals surface area contributed by atoms with E-state index in [4.69, 9.17) is 4.74 Å². The van der Waals surface area contributed by atoms with Crippen LogP contribution < -0.4 is 0 Å². The number of hydrogen-bond donors (Lipinski definition) is 0. The minimum Gasteiger partial charge on any atom is -0.367 e. The van der Waals surface area contributed by atoms with Gasteiger partial charge in [-0.15, -0.1) is 0 Å². The van der Waals surface area contributed by atoms with Crippen LogP contribution in [0.5, 0.6) is 0 Å². The summed E-state index contributed by atoms with van der Waals surface area (Å²) >= 11 is 0. The van der Waals surface area contributed by atoms with Crippen LogP contribution in [0.4, 0.5) is 0 Å². The Morgan fingerprint density at radius 3 is 2.00 bits per heavy atom. The van der Waals surface area contributed by atoms with E-state index in [-0.39, 0.29) is 49.6 Å². The largest absolute Gasteiger partial charge is 0.367 e. The highest BCUT2D eigenvalue weighted by Crippen LogP contribution is 2.12. The van der Waals surface area contributed by atoms with Crippen molar-refractivity contribution in [3.05, 3.63) is 35.9 Å². The Kier molecular flexibility index (Phi) is 6.18. The second-order valence-electron chi connectivity index (χ2n) is 6.61. The molecule has 0 unspecified atom stereocenters. The second-order valence-corrected chi connectivity index (χ2v) is 6.61. The molecule has 2 aliphatic heterocycles. The van der Waals surface area contributed by atoms with Crippen molar-refractivity contribution in [1.29, 1.82) is 0 Å². The normalized spacial score (nSPS) is 17.6. The summed E-state index contributed by atoms with van der Waals surface area (Å²) in [5.74, 6) is -0.954. The Labute approximate surface area is 157 Å². The Bertz CT molecular complexity index is 697. The Balaban J connectivity index is 1.39. The zero-order valence-electron chi connectivity index (χ0n) is 15.1. The highest BCUT2D eigenvalue weighted by Gasteiger charge is 2.32. The molecule has 2 heterocycles. The lowest BCUT2D eigenvalue weighted by Crippen LogP contribution is -2.53. The second kappa shape index (κ2) is 8.77. The predicted molar refractivity (Wildman–Crippen MR) is 95.2 cm³/mol. The fourth-order valence-corrected chi connectivity index (χ4v) is 3.16. The van der Waals surface area contributed by atoms with Gasteiger partial charge in [-0.1, -0.05) is 30.3 Å². The third-order valence-corrected chi connectivity index (χ3v) is 4.77. The van der Waals surface area contributed by atoms with Crippen molar-refractivity contribution in [3.8, 4) is 0 Å². The Hall–Kier alpha value is -2.74. The van der Waals surface area contributed by atoms with Crippen molar-refractivity contribution in [2.45, 2.75) is 19.4 Å². The summed E-state index contributed by atoms with van der Waals surface area (Å²) in [5.41, 5.74) is 1.01. The maximum Gasteiger partial charge on any atom is 0.248 e. The van der Waals surface area contributed by atoms with E-state index in [1.54, 1.807) is 9.80 Å². The van der Waals surface area contributed by atoms with E-state index in [2.05, 4.69) is 0 Å². The van der Waals surface area contributed by atoms with E-state index in [1.807, 2.05) is 30.3 Å². The van der Waals surface area contributed by atoms with Gasteiger partial charge in [-0.3, -0.25) is 24.1 Å². The first kappa shape index (κ1) is 19.0. The predicted octanol–water partition coefficient (Wildman–Crippen LogP) is 0.0230. The number of nitrogens with zero attached hydrogens (tertiary/aromatic N) is 3. The number of amides is 4. The Morgan fingerprint density at radius 2 is 1.41 bits per heavy atom. The molecule has 4 amide bonds. The van der Waals surface area contributed by atoms with Crippen LogP contribution >= 0.6 is 0 Å². The number of likely N-dealkylation sites (tertiary alicyclic amines) is 1. The molecule has 1 aromatic carbocycles. The summed E-state index contributed by atoms with van der Waals surface area (Å²) in [4.78, 5) is 52.0. The third kappa shape index (κ3) is 4.91. The van der Waals surface area contributed by atoms with Crippen LogP contribution in [-0.2, 0) is 30.5 Å². The number of benzene rings is 1. The van der Waals surface area contributed by atoms with E-state index in [0.717, 1.165) is 10.5 Å². The molecule has 2 fully saturated rings. The average molecular weight is 373 g/mol. The van der Waals surface area contributed by atoms with Crippen LogP contribution in [0.2, 0.25) is 0 Å². The Morgan fingerprint density at radius 1 is 0.852 bits per heavy atom. The molecule has 2 aliphatic rings. The SMILES string of the molecule is O=C(COCc1ccccc1)N1CCN(C(=O)CN2C(=O)CCC2=O)CC1. The highest BCUT2D eigenvalue weighted by atomic mass is 16.5. The van der Waals surface area contributed by atoms with Crippen LogP contribution in [0.1, 0.15) is 18.4 Å². The standard InChI is InChI=1S/C19H23N3O5/c23-16-6-7-17(24)22(16)12-18(25)20-8-10-21(11-9-20)19(26)14-27-13-15-4-2-1-3-5-15/h1-5H,6-14H2. The molecule has 27 heavy (non-hydrogen) atoms. The fraction of sp³-hybridized carbons (Fsp3) is 0.474. The number of rotatable bonds is 6. The first-order chi connectivity index (χ1) is 13.0. The molecule has 8 heteroatoms. The zero-order chi connectivity index (χ0) is 19.2. The average Bonchev–Trinajstić information content (AvgIpc) is 3.01. The first-order valence-electron chi connectivity index (χ1n) is 9.05. The molecular formula is C19H23N3O5. The van der Waals surface area contributed by atoms with Gasteiger partial charge in [0.05, 0.1) is 6.61 Å². The van der Waals surface area contributed by atoms with Gasteiger partial charge in [0.1, 0.15) is 13.2 Å². The minimum atomic E-state index is -0.294. The zero-order valence-corrected chi connectivity index (χ0v) is 15.1. The summed E-state index contributed by atoms with van der Waals surface area (Å²) in [6.45, 7) is 1.79. The quantitative estimate of drug-likeness (QED) is 0.656. The fourth-order valence-electron chi connectivity index (χ4n) is 3.16. The molecule has 0 atom stereocenters. The van der Waals surface area contributed by atoms with Crippen LogP contribution in [0.25, 0.3) is 0 Å². The van der Waals surface area contributed by atoms with Crippen LogP contribution in [-0.4, -0.2) is 77.7 Å². The van der Waals surface area contributed by atoms with Crippen LogP contribution in [0.15, 0.2) is 30.3 Å². The summed E-state index contributed by atoms with van der Waals surface area (Å²) < 4.78 is 5.47. The van der Waals surface area contributed by atoms with Gasteiger partial charge in [-0.25, -0.2) is 0 Å². The number of imide groups is 1. The van der Waals surface area contributed by atoms with Crippen molar-refractivity contribution in [2.24, 2.45) is 0 Å². The third-order valence-electron chi connectivity index (χ3n) is 4.77. The van der Waals surface area contributed by atoms with Crippen LogP contribution in [0, 0.1) is 0 Å². The summed E-state index contributed by atoms with van der Waals surface area (Å²) in [5, 5.41) is 0. The number of carbonyl (C=O) groups is 4. The maximum absolute atomic E-state index is 12.3. The number of carbonyl (C=O) groups excluding carboxylic acids is 4. The van der Waals surface area contributed by atoms with Crippen LogP contribution in [0.3, 0.4) is 0 Å². The van der Waals surface area contributed by atoms with Crippen molar-refractivity contribution < 1.29 is 23.9 Å². The van der Waals surface area contributed by atoms with Crippen molar-refractivity contribution in [3.63, 3.8) is 0 Å². The van der Waals surface area contributed by atoms with E-state index in [1.165, 1.54) is 0 Å². The summed E-state index contributed by atoms with van der Waals surface area (Å²) in [7, 11) is 0. The van der Waals surface area contributed by atoms with Gasteiger partial charge in [0.2, 0.25) is 23.6 Å². The molecule has 2 saturated heterocycles. The van der Waals surface area contributed by atoms with E-state index in [9.17, 15) is 19.2 Å². The van der Waals surface area contributed by atoms with Gasteiger partial charge in [-0.05, 0) is 5.56 Å². The molecule has 0 N–H and O–H groups in total. The lowest BCUT2D eigenvalue weighted by atomic mass is 10.2. The molecule has 3 rings (SSSR count). The van der Waals surface area contributed by atoms with Gasteiger partial charge in [0.15, 0.2) is 0 Å². The molecule has 0 bridgehead atoms. The van der Waals surface area contributed by atoms with Gasteiger partial charge < -0.3 is 14.5 Å². The molecular weight excluding hydrogens is 350 g/mol. The molecule has 144 valence electrons. The van der Waals surface area contributed by atoms with Gasteiger partial charge >= 0.3 is 0 Å². The molecule has 0 saturated carbocycles. The topological polar surface area (TPSA) is 87.2 Å². The molecule has 0 radical (unpaired) electrons. The molecule has 0 aliphatic carbocycles. The van der Waals surface area contributed by atoms with Crippen molar-refractivity contribution in [2.75, 3.05) is 39.3 Å². The monoisotopic (exact) mass is 373 g/mol. The molecule has 1 aromatic rings. The van der Waals surface area contributed by atoms with Crippen molar-refractivity contribution in [1.82, 2.24) is 14.7 Å².